The fourth-order valence-electron chi connectivity index (χ4n) is 5.25. The summed E-state index contributed by atoms with van der Waals surface area (Å²) >= 11 is 0. The van der Waals surface area contributed by atoms with Crippen molar-refractivity contribution in [2.45, 2.75) is 84.8 Å². The third-order valence-electron chi connectivity index (χ3n) is 8.06. The number of benzene rings is 1. The van der Waals surface area contributed by atoms with Gasteiger partial charge < -0.3 is 20.0 Å². The Morgan fingerprint density at radius 2 is 1.61 bits per heavy atom. The van der Waals surface area contributed by atoms with Crippen LogP contribution in [-0.2, 0) is 15.0 Å². The number of ketones is 1. The fraction of sp³-hybridized carbons (Fsp3) is 0.485. The van der Waals surface area contributed by atoms with Gasteiger partial charge in [0.1, 0.15) is 12.1 Å². The van der Waals surface area contributed by atoms with E-state index in [1.807, 2.05) is 66.7 Å². The maximum absolute atomic E-state index is 13.7. The van der Waals surface area contributed by atoms with Gasteiger partial charge in [-0.2, -0.15) is 0 Å². The lowest BCUT2D eigenvalue weighted by atomic mass is 9.88. The van der Waals surface area contributed by atoms with Gasteiger partial charge in [0.2, 0.25) is 23.5 Å². The first-order valence-corrected chi connectivity index (χ1v) is 15.1. The number of amides is 3. The molecule has 3 amide bonds. The largest absolute Gasteiger partial charge is 0.417 e. The minimum absolute atomic E-state index is 0.206. The third-order valence-corrected chi connectivity index (χ3v) is 8.06. The highest BCUT2D eigenvalue weighted by Crippen LogP contribution is 2.29. The Labute approximate surface area is 258 Å². The van der Waals surface area contributed by atoms with E-state index in [0.29, 0.717) is 30.6 Å². The molecule has 3 aromatic rings. The van der Waals surface area contributed by atoms with E-state index in [1.165, 1.54) is 4.90 Å². The highest BCUT2D eigenvalue weighted by Gasteiger charge is 2.41. The van der Waals surface area contributed by atoms with E-state index >= 15 is 0 Å². The number of nitrogens with one attached hydrogen (secondary N) is 2. The van der Waals surface area contributed by atoms with E-state index in [-0.39, 0.29) is 35.4 Å². The first-order valence-electron chi connectivity index (χ1n) is 15.1. The second-order valence-corrected chi connectivity index (χ2v) is 12.6. The maximum Gasteiger partial charge on any atom is 0.286 e. The standard InChI is InChI=1S/C33H42N6O5/c1-19(2)25(27(40)30-37-38-32(44-30)33(6,7)24-16-15-21(5)18-34-24)35-29(42)23-14-11-17-39(23)31(43)26(20(3)4)36-28(41)22-12-9-8-10-13-22/h8-10,12-13,15-16,18-20,23,25-26H,11,14,17H2,1-7H3,(H,35,42)(H,36,41)/t23-,25?,26-/m0/s1. The minimum Gasteiger partial charge on any atom is -0.417 e. The fourth-order valence-corrected chi connectivity index (χ4v) is 5.25. The summed E-state index contributed by atoms with van der Waals surface area (Å²) in [5, 5.41) is 13.9. The highest BCUT2D eigenvalue weighted by atomic mass is 16.4. The average molecular weight is 603 g/mol. The molecule has 1 unspecified atom stereocenters. The number of pyridine rings is 1. The summed E-state index contributed by atoms with van der Waals surface area (Å²) in [6.45, 7) is 13.4. The summed E-state index contributed by atoms with van der Waals surface area (Å²) in [6.07, 6.45) is 2.81. The lowest BCUT2D eigenvalue weighted by Gasteiger charge is -2.31. The molecule has 3 heterocycles. The number of nitrogens with zero attached hydrogens (tertiary/aromatic N) is 4. The van der Waals surface area contributed by atoms with Gasteiger partial charge in [0, 0.05) is 18.3 Å². The summed E-state index contributed by atoms with van der Waals surface area (Å²) in [5.41, 5.74) is 1.43. The van der Waals surface area contributed by atoms with Crippen LogP contribution in [0, 0.1) is 18.8 Å². The number of aryl methyl sites for hydroxylation is 1. The molecule has 1 aromatic carbocycles. The van der Waals surface area contributed by atoms with Crippen molar-refractivity contribution in [2.24, 2.45) is 11.8 Å². The molecule has 2 N–H and O–H groups in total. The number of hydrogen-bond donors (Lipinski definition) is 2. The van der Waals surface area contributed by atoms with Crippen LogP contribution in [0.3, 0.4) is 0 Å². The van der Waals surface area contributed by atoms with Gasteiger partial charge in [-0.05, 0) is 69.2 Å². The summed E-state index contributed by atoms with van der Waals surface area (Å²) in [6, 6.07) is 9.95. The van der Waals surface area contributed by atoms with E-state index in [2.05, 4.69) is 25.8 Å². The molecule has 11 nitrogen and oxygen atoms in total. The molecule has 0 radical (unpaired) electrons. The Morgan fingerprint density at radius 3 is 2.23 bits per heavy atom. The van der Waals surface area contributed by atoms with Gasteiger partial charge in [-0.3, -0.25) is 24.2 Å². The normalized spacial score (nSPS) is 16.6. The van der Waals surface area contributed by atoms with Crippen molar-refractivity contribution < 1.29 is 23.6 Å². The molecule has 1 aliphatic rings. The van der Waals surface area contributed by atoms with Gasteiger partial charge in [-0.25, -0.2) is 0 Å². The molecule has 1 aliphatic heterocycles. The van der Waals surface area contributed by atoms with Gasteiger partial charge >= 0.3 is 0 Å². The molecule has 11 heteroatoms. The van der Waals surface area contributed by atoms with Crippen LogP contribution in [0.4, 0.5) is 0 Å². The average Bonchev–Trinajstić information content (AvgIpc) is 3.69. The van der Waals surface area contributed by atoms with E-state index < -0.39 is 35.2 Å². The Bertz CT molecular complexity index is 1480. The Kier molecular flexibility index (Phi) is 9.96. The Hall–Kier alpha value is -4.41. The Morgan fingerprint density at radius 1 is 0.932 bits per heavy atom. The van der Waals surface area contributed by atoms with Gasteiger partial charge in [-0.1, -0.05) is 52.0 Å². The van der Waals surface area contributed by atoms with Crippen molar-refractivity contribution in [2.75, 3.05) is 6.54 Å². The first kappa shape index (κ1) is 32.5. The second kappa shape index (κ2) is 13.5. The molecule has 0 spiro atoms. The van der Waals surface area contributed by atoms with Gasteiger partial charge in [0.15, 0.2) is 0 Å². The molecule has 234 valence electrons. The molecular formula is C33H42N6O5. The number of rotatable bonds is 11. The molecule has 1 fully saturated rings. The predicted molar refractivity (Wildman–Crippen MR) is 164 cm³/mol. The monoisotopic (exact) mass is 602 g/mol. The SMILES string of the molecule is Cc1ccc(C(C)(C)c2nnc(C(=O)C(NC(=O)[C@@H]3CCCN3C(=O)[C@@H](NC(=O)c3ccccc3)C(C)C)C(C)C)o2)nc1. The smallest absolute Gasteiger partial charge is 0.286 e. The lowest BCUT2D eigenvalue weighted by molar-refractivity contribution is -0.140. The van der Waals surface area contributed by atoms with Crippen molar-refractivity contribution in [1.82, 2.24) is 30.7 Å². The zero-order valence-electron chi connectivity index (χ0n) is 26.5. The van der Waals surface area contributed by atoms with E-state index in [4.69, 9.17) is 4.42 Å². The van der Waals surface area contributed by atoms with Crippen LogP contribution in [0.5, 0.6) is 0 Å². The van der Waals surface area contributed by atoms with Crippen LogP contribution < -0.4 is 10.6 Å². The van der Waals surface area contributed by atoms with Gasteiger partial charge in [-0.15, -0.1) is 10.2 Å². The van der Waals surface area contributed by atoms with Crippen LogP contribution in [0.2, 0.25) is 0 Å². The number of likely N-dealkylation sites (tertiary alicyclic amines) is 1. The van der Waals surface area contributed by atoms with E-state index in [0.717, 1.165) is 5.56 Å². The number of Topliss-reactive ketones (excluding diaryl/α,β-unsaturated/α-hetero) is 1. The number of aromatic nitrogens is 3. The van der Waals surface area contributed by atoms with Crippen molar-refractivity contribution >= 4 is 23.5 Å². The number of carbonyl (C=O) groups excluding carboxylic acids is 4. The van der Waals surface area contributed by atoms with Gasteiger partial charge in [0.25, 0.3) is 11.8 Å². The second-order valence-electron chi connectivity index (χ2n) is 12.6. The van der Waals surface area contributed by atoms with Crippen LogP contribution >= 0.6 is 0 Å². The lowest BCUT2D eigenvalue weighted by Crippen LogP contribution is -2.57. The summed E-state index contributed by atoms with van der Waals surface area (Å²) in [7, 11) is 0. The van der Waals surface area contributed by atoms with E-state index in [9.17, 15) is 19.2 Å². The van der Waals surface area contributed by atoms with Crippen molar-refractivity contribution in [3.8, 4) is 0 Å². The molecule has 3 atom stereocenters. The minimum atomic E-state index is -0.951. The number of hydrogen-bond acceptors (Lipinski definition) is 8. The maximum atomic E-state index is 13.7. The number of carbonyl (C=O) groups is 4. The van der Waals surface area contributed by atoms with Crippen molar-refractivity contribution in [3.05, 3.63) is 77.3 Å². The molecule has 0 aliphatic carbocycles. The first-order chi connectivity index (χ1) is 20.8. The van der Waals surface area contributed by atoms with Gasteiger partial charge in [0.05, 0.1) is 17.2 Å². The topological polar surface area (TPSA) is 147 Å². The molecule has 2 aromatic heterocycles. The molecule has 4 rings (SSSR count). The zero-order chi connectivity index (χ0) is 32.2. The highest BCUT2D eigenvalue weighted by molar-refractivity contribution is 6.01. The van der Waals surface area contributed by atoms with Crippen LogP contribution in [0.1, 0.15) is 92.6 Å². The molecule has 0 saturated carbocycles. The predicted octanol–water partition coefficient (Wildman–Crippen LogP) is 3.87. The quantitative estimate of drug-likeness (QED) is 0.315. The molecular weight excluding hydrogens is 560 g/mol. The summed E-state index contributed by atoms with van der Waals surface area (Å²) in [4.78, 5) is 59.7. The third kappa shape index (κ3) is 7.03. The van der Waals surface area contributed by atoms with Crippen molar-refractivity contribution in [1.29, 1.82) is 0 Å². The molecule has 44 heavy (non-hydrogen) atoms. The summed E-state index contributed by atoms with van der Waals surface area (Å²) in [5.74, 6) is -2.12. The van der Waals surface area contributed by atoms with Crippen LogP contribution in [0.15, 0.2) is 53.1 Å². The Balaban J connectivity index is 1.48. The van der Waals surface area contributed by atoms with Crippen LogP contribution in [0.25, 0.3) is 0 Å². The van der Waals surface area contributed by atoms with E-state index in [1.54, 1.807) is 30.5 Å². The van der Waals surface area contributed by atoms with Crippen molar-refractivity contribution in [3.63, 3.8) is 0 Å². The van der Waals surface area contributed by atoms with Crippen LogP contribution in [-0.4, -0.2) is 68.3 Å². The molecule has 1 saturated heterocycles. The molecule has 0 bridgehead atoms. The summed E-state index contributed by atoms with van der Waals surface area (Å²) < 4.78 is 5.86. The zero-order valence-corrected chi connectivity index (χ0v) is 26.5.